The van der Waals surface area contributed by atoms with Gasteiger partial charge < -0.3 is 15.7 Å². The SMILES string of the molecule is O=C(/C=C/[C@H](CCc1ccccc1)NC(=O)[C@@H]1CCCCN1)Nc1nnc(C2CCCCC2)s1.O=C(O)C(F)(F)F. The number of carbonyl (C=O) groups excluding carboxylic acids is 2. The van der Waals surface area contributed by atoms with Crippen LogP contribution in [0.1, 0.15) is 74.3 Å². The summed E-state index contributed by atoms with van der Waals surface area (Å²) in [5.74, 6) is -2.53. The molecule has 4 rings (SSSR count). The summed E-state index contributed by atoms with van der Waals surface area (Å²) >= 11 is 1.47. The van der Waals surface area contributed by atoms with Crippen molar-refractivity contribution in [3.05, 3.63) is 53.1 Å². The molecule has 1 aromatic heterocycles. The lowest BCUT2D eigenvalue weighted by Crippen LogP contribution is -2.49. The molecule has 2 heterocycles. The molecular formula is C28H36F3N5O4S. The molecule has 0 radical (unpaired) electrons. The van der Waals surface area contributed by atoms with Gasteiger partial charge in [0, 0.05) is 18.0 Å². The van der Waals surface area contributed by atoms with Gasteiger partial charge in [0.2, 0.25) is 16.9 Å². The maximum absolute atomic E-state index is 12.8. The molecule has 2 amide bonds. The standard InChI is InChI=1S/C26H35N5O2S.C2HF3O2/c32-23(29-26-31-30-25(34-26)20-11-5-2-6-12-20)17-16-21(15-14-19-9-3-1-4-10-19)28-24(33)22-13-7-8-18-27-22;3-2(4,5)1(6)7/h1,3-4,9-10,16-17,20-22,27H,2,5-8,11-15,18H2,(H,28,33)(H,29,31,32);(H,6,7)/b17-16+;/t21-,22-;/m0./s1. The van der Waals surface area contributed by atoms with E-state index in [-0.39, 0.29) is 23.9 Å². The lowest BCUT2D eigenvalue weighted by atomic mass is 9.90. The average molecular weight is 596 g/mol. The number of nitrogens with zero attached hydrogens (tertiary/aromatic N) is 2. The van der Waals surface area contributed by atoms with Crippen molar-refractivity contribution in [2.75, 3.05) is 11.9 Å². The van der Waals surface area contributed by atoms with Gasteiger partial charge in [-0.15, -0.1) is 10.2 Å². The monoisotopic (exact) mass is 595 g/mol. The molecule has 1 aliphatic heterocycles. The van der Waals surface area contributed by atoms with Crippen LogP contribution in [0.25, 0.3) is 0 Å². The number of hydrogen-bond donors (Lipinski definition) is 4. The smallest absolute Gasteiger partial charge is 0.475 e. The Hall–Kier alpha value is -3.32. The van der Waals surface area contributed by atoms with Gasteiger partial charge in [-0.3, -0.25) is 14.9 Å². The molecule has 1 saturated carbocycles. The Morgan fingerprint density at radius 1 is 1.05 bits per heavy atom. The highest BCUT2D eigenvalue weighted by atomic mass is 32.1. The van der Waals surface area contributed by atoms with E-state index in [2.05, 4.69) is 38.3 Å². The van der Waals surface area contributed by atoms with Crippen LogP contribution < -0.4 is 16.0 Å². The quantitative estimate of drug-likeness (QED) is 0.301. The predicted molar refractivity (Wildman–Crippen MR) is 150 cm³/mol. The zero-order chi connectivity index (χ0) is 29.7. The zero-order valence-corrected chi connectivity index (χ0v) is 23.5. The summed E-state index contributed by atoms with van der Waals surface area (Å²) in [4.78, 5) is 34.3. The van der Waals surface area contributed by atoms with Crippen LogP contribution in [0.15, 0.2) is 42.5 Å². The number of piperidine rings is 1. The number of alkyl halides is 3. The fourth-order valence-corrected chi connectivity index (χ4v) is 5.61. The minimum atomic E-state index is -5.08. The molecule has 1 saturated heterocycles. The zero-order valence-electron chi connectivity index (χ0n) is 22.7. The number of carboxylic acids is 1. The van der Waals surface area contributed by atoms with Crippen molar-refractivity contribution in [3.8, 4) is 0 Å². The number of anilines is 1. The van der Waals surface area contributed by atoms with Gasteiger partial charge in [0.15, 0.2) is 0 Å². The molecule has 1 aliphatic carbocycles. The summed E-state index contributed by atoms with van der Waals surface area (Å²) in [6, 6.07) is 9.80. The summed E-state index contributed by atoms with van der Waals surface area (Å²) in [5, 5.41) is 26.4. The van der Waals surface area contributed by atoms with E-state index >= 15 is 0 Å². The third kappa shape index (κ3) is 11.6. The number of aromatic nitrogens is 2. The molecule has 0 spiro atoms. The number of halogens is 3. The van der Waals surface area contributed by atoms with Gasteiger partial charge >= 0.3 is 12.1 Å². The van der Waals surface area contributed by atoms with Gasteiger partial charge in [-0.25, -0.2) is 4.79 Å². The Kier molecular flexibility index (Phi) is 12.7. The van der Waals surface area contributed by atoms with Crippen LogP contribution in [0.2, 0.25) is 0 Å². The van der Waals surface area contributed by atoms with E-state index in [9.17, 15) is 22.8 Å². The third-order valence-electron chi connectivity index (χ3n) is 6.89. The van der Waals surface area contributed by atoms with Gasteiger partial charge in [0.05, 0.1) is 6.04 Å². The molecular weight excluding hydrogens is 559 g/mol. The number of rotatable bonds is 9. The minimum Gasteiger partial charge on any atom is -0.475 e. The van der Waals surface area contributed by atoms with Crippen molar-refractivity contribution in [3.63, 3.8) is 0 Å². The maximum Gasteiger partial charge on any atom is 0.490 e. The van der Waals surface area contributed by atoms with Gasteiger partial charge in [0.25, 0.3) is 0 Å². The van der Waals surface area contributed by atoms with Crippen molar-refractivity contribution in [1.29, 1.82) is 0 Å². The van der Waals surface area contributed by atoms with Crippen LogP contribution in [-0.4, -0.2) is 57.9 Å². The summed E-state index contributed by atoms with van der Waals surface area (Å²) < 4.78 is 31.7. The van der Waals surface area contributed by atoms with Crippen molar-refractivity contribution in [2.24, 2.45) is 0 Å². The van der Waals surface area contributed by atoms with E-state index in [0.717, 1.165) is 56.5 Å². The number of aliphatic carboxylic acids is 1. The van der Waals surface area contributed by atoms with Crippen LogP contribution in [0.4, 0.5) is 18.3 Å². The Labute approximate surface area is 241 Å². The number of nitrogens with one attached hydrogen (secondary N) is 3. The lowest BCUT2D eigenvalue weighted by Gasteiger charge is -2.25. The van der Waals surface area contributed by atoms with E-state index in [1.165, 1.54) is 42.2 Å². The highest BCUT2D eigenvalue weighted by Gasteiger charge is 2.38. The Bertz CT molecular complexity index is 1150. The first-order chi connectivity index (χ1) is 19.6. The number of hydrogen-bond acceptors (Lipinski definition) is 7. The molecule has 9 nitrogen and oxygen atoms in total. The Morgan fingerprint density at radius 2 is 1.73 bits per heavy atom. The first-order valence-electron chi connectivity index (χ1n) is 13.8. The number of amides is 2. The van der Waals surface area contributed by atoms with Crippen LogP contribution >= 0.6 is 11.3 Å². The molecule has 2 aliphatic rings. The minimum absolute atomic E-state index is 0.00377. The molecule has 0 unspecified atom stereocenters. The summed E-state index contributed by atoms with van der Waals surface area (Å²) in [6.07, 6.45) is 8.84. The molecule has 4 N–H and O–H groups in total. The topological polar surface area (TPSA) is 133 Å². The number of aryl methyl sites for hydroxylation is 1. The van der Waals surface area contributed by atoms with E-state index in [0.29, 0.717) is 11.0 Å². The van der Waals surface area contributed by atoms with E-state index in [1.807, 2.05) is 18.2 Å². The number of carbonyl (C=O) groups is 3. The normalized spacial score (nSPS) is 18.7. The maximum atomic E-state index is 12.8. The second-order valence-corrected chi connectivity index (χ2v) is 11.1. The molecule has 224 valence electrons. The number of benzene rings is 1. The third-order valence-corrected chi connectivity index (χ3v) is 7.89. The molecule has 13 heteroatoms. The van der Waals surface area contributed by atoms with Gasteiger partial charge in [-0.2, -0.15) is 13.2 Å². The second-order valence-electron chi connectivity index (χ2n) is 10.1. The fourth-order valence-electron chi connectivity index (χ4n) is 4.69. The highest BCUT2D eigenvalue weighted by Crippen LogP contribution is 2.35. The average Bonchev–Trinajstić information content (AvgIpc) is 3.44. The Morgan fingerprint density at radius 3 is 2.37 bits per heavy atom. The van der Waals surface area contributed by atoms with Crippen LogP contribution in [0.3, 0.4) is 0 Å². The molecule has 41 heavy (non-hydrogen) atoms. The van der Waals surface area contributed by atoms with Gasteiger partial charge in [-0.1, -0.05) is 73.4 Å². The second kappa shape index (κ2) is 16.2. The van der Waals surface area contributed by atoms with Gasteiger partial charge in [0.1, 0.15) is 5.01 Å². The van der Waals surface area contributed by atoms with Crippen molar-refractivity contribution in [1.82, 2.24) is 20.8 Å². The summed E-state index contributed by atoms with van der Waals surface area (Å²) in [6.45, 7) is 0.871. The van der Waals surface area contributed by atoms with Crippen LogP contribution in [0, 0.1) is 0 Å². The van der Waals surface area contributed by atoms with Crippen LogP contribution in [0.5, 0.6) is 0 Å². The summed E-state index contributed by atoms with van der Waals surface area (Å²) in [7, 11) is 0. The molecule has 2 fully saturated rings. The lowest BCUT2D eigenvalue weighted by molar-refractivity contribution is -0.192. The van der Waals surface area contributed by atoms with E-state index in [1.54, 1.807) is 6.08 Å². The largest absolute Gasteiger partial charge is 0.490 e. The summed E-state index contributed by atoms with van der Waals surface area (Å²) in [5.41, 5.74) is 1.21. The molecule has 1 aromatic carbocycles. The predicted octanol–water partition coefficient (Wildman–Crippen LogP) is 4.97. The first-order valence-corrected chi connectivity index (χ1v) is 14.6. The van der Waals surface area contributed by atoms with Crippen molar-refractivity contribution < 1.29 is 32.7 Å². The molecule has 2 aromatic rings. The van der Waals surface area contributed by atoms with Crippen molar-refractivity contribution >= 4 is 34.3 Å². The fraction of sp³-hybridized carbons (Fsp3) is 0.536. The van der Waals surface area contributed by atoms with E-state index in [4.69, 9.17) is 9.90 Å². The van der Waals surface area contributed by atoms with Gasteiger partial charge in [-0.05, 0) is 50.6 Å². The van der Waals surface area contributed by atoms with Crippen molar-refractivity contribution in [2.45, 2.75) is 88.4 Å². The molecule has 2 atom stereocenters. The van der Waals surface area contributed by atoms with E-state index < -0.39 is 12.1 Å². The highest BCUT2D eigenvalue weighted by molar-refractivity contribution is 7.15. The number of carboxylic acid groups (broad SMARTS) is 1. The Balaban J connectivity index is 0.000000587. The molecule has 0 bridgehead atoms. The van der Waals surface area contributed by atoms with Crippen LogP contribution in [-0.2, 0) is 20.8 Å². The first kappa shape index (κ1) is 32.2.